The van der Waals surface area contributed by atoms with E-state index in [4.69, 9.17) is 0 Å². The molecule has 2 atom stereocenters. The average molecular weight is 407 g/mol. The Kier molecular flexibility index (Phi) is 6.21. The first-order chi connectivity index (χ1) is 14.6. The minimum atomic E-state index is -0.255. The van der Waals surface area contributed by atoms with Crippen molar-refractivity contribution in [1.29, 1.82) is 0 Å². The molecule has 0 aliphatic carbocycles. The largest absolute Gasteiger partial charge is 0.371 e. The normalized spacial score (nSPS) is 21.2. The number of hydrogen-bond acceptors (Lipinski definition) is 4. The second-order valence-corrected chi connectivity index (χ2v) is 8.49. The molecule has 2 amide bonds. The Morgan fingerprint density at radius 1 is 1.10 bits per heavy atom. The molecule has 2 fully saturated rings. The van der Waals surface area contributed by atoms with Crippen molar-refractivity contribution < 1.29 is 9.59 Å². The standard InChI is InChI=1S/C24H30N4O2/c1-17-3-2-12-28(16-17)22-10-8-21(9-11-22)27-20-6-4-18(5-7-20)14-26-24(30)19-13-23(29)25-15-19/h4-11,17,19,27H,2-3,12-16H2,1H3,(H,25,29)(H,26,30). The molecule has 4 rings (SSSR count). The summed E-state index contributed by atoms with van der Waals surface area (Å²) < 4.78 is 0. The molecule has 2 unspecified atom stereocenters. The van der Waals surface area contributed by atoms with Gasteiger partial charge in [-0.05, 0) is 60.7 Å². The van der Waals surface area contributed by atoms with Crippen molar-refractivity contribution in [2.75, 3.05) is 29.9 Å². The maximum absolute atomic E-state index is 12.1. The van der Waals surface area contributed by atoms with E-state index in [1.807, 2.05) is 24.3 Å². The second kappa shape index (κ2) is 9.20. The highest BCUT2D eigenvalue weighted by molar-refractivity contribution is 5.89. The van der Waals surface area contributed by atoms with Crippen LogP contribution < -0.4 is 20.9 Å². The summed E-state index contributed by atoms with van der Waals surface area (Å²) in [6.45, 7) is 5.50. The van der Waals surface area contributed by atoms with Crippen LogP contribution in [0.2, 0.25) is 0 Å². The Morgan fingerprint density at radius 3 is 2.43 bits per heavy atom. The molecule has 2 heterocycles. The van der Waals surface area contributed by atoms with Crippen molar-refractivity contribution in [1.82, 2.24) is 10.6 Å². The third kappa shape index (κ3) is 5.12. The summed E-state index contributed by atoms with van der Waals surface area (Å²) >= 11 is 0. The summed E-state index contributed by atoms with van der Waals surface area (Å²) in [6, 6.07) is 16.7. The second-order valence-electron chi connectivity index (χ2n) is 8.49. The fourth-order valence-electron chi connectivity index (χ4n) is 4.18. The topological polar surface area (TPSA) is 73.5 Å². The monoisotopic (exact) mass is 406 g/mol. The minimum Gasteiger partial charge on any atom is -0.371 e. The van der Waals surface area contributed by atoms with Crippen LogP contribution in [0.4, 0.5) is 17.1 Å². The number of carbonyl (C=O) groups excluding carboxylic acids is 2. The highest BCUT2D eigenvalue weighted by atomic mass is 16.2. The van der Waals surface area contributed by atoms with Gasteiger partial charge in [0.15, 0.2) is 0 Å². The fraction of sp³-hybridized carbons (Fsp3) is 0.417. The number of benzene rings is 2. The third-order valence-corrected chi connectivity index (χ3v) is 5.95. The van der Waals surface area contributed by atoms with E-state index in [9.17, 15) is 9.59 Å². The average Bonchev–Trinajstić information content (AvgIpc) is 3.20. The van der Waals surface area contributed by atoms with E-state index in [0.717, 1.165) is 35.9 Å². The first kappa shape index (κ1) is 20.3. The van der Waals surface area contributed by atoms with Crippen molar-refractivity contribution in [2.45, 2.75) is 32.7 Å². The molecule has 0 radical (unpaired) electrons. The number of nitrogens with one attached hydrogen (secondary N) is 3. The molecule has 158 valence electrons. The van der Waals surface area contributed by atoms with Gasteiger partial charge < -0.3 is 20.9 Å². The first-order valence-electron chi connectivity index (χ1n) is 10.8. The number of hydrogen-bond donors (Lipinski definition) is 3. The Labute approximate surface area is 178 Å². The van der Waals surface area contributed by atoms with Crippen LogP contribution in [0.5, 0.6) is 0 Å². The maximum Gasteiger partial charge on any atom is 0.225 e. The van der Waals surface area contributed by atoms with E-state index in [0.29, 0.717) is 13.1 Å². The van der Waals surface area contributed by atoms with E-state index >= 15 is 0 Å². The maximum atomic E-state index is 12.1. The van der Waals surface area contributed by atoms with Crippen molar-refractivity contribution in [3.63, 3.8) is 0 Å². The predicted molar refractivity (Wildman–Crippen MR) is 120 cm³/mol. The molecular weight excluding hydrogens is 376 g/mol. The Hall–Kier alpha value is -3.02. The molecule has 0 bridgehead atoms. The molecule has 30 heavy (non-hydrogen) atoms. The zero-order valence-electron chi connectivity index (χ0n) is 17.5. The van der Waals surface area contributed by atoms with Gasteiger partial charge in [0.05, 0.1) is 5.92 Å². The number of rotatable bonds is 6. The number of piperidine rings is 1. The van der Waals surface area contributed by atoms with E-state index in [2.05, 4.69) is 52.0 Å². The predicted octanol–water partition coefficient (Wildman–Crippen LogP) is 3.42. The van der Waals surface area contributed by atoms with Crippen LogP contribution in [0.25, 0.3) is 0 Å². The summed E-state index contributed by atoms with van der Waals surface area (Å²) in [5.74, 6) is 0.384. The van der Waals surface area contributed by atoms with E-state index < -0.39 is 0 Å². The molecule has 0 spiro atoms. The zero-order chi connectivity index (χ0) is 20.9. The summed E-state index contributed by atoms with van der Waals surface area (Å²) in [5, 5.41) is 9.04. The van der Waals surface area contributed by atoms with E-state index in [1.54, 1.807) is 0 Å². The van der Waals surface area contributed by atoms with Gasteiger partial charge in [-0.25, -0.2) is 0 Å². The lowest BCUT2D eigenvalue weighted by Crippen LogP contribution is -2.34. The van der Waals surface area contributed by atoms with E-state index in [-0.39, 0.29) is 24.2 Å². The molecule has 2 aromatic carbocycles. The van der Waals surface area contributed by atoms with Crippen LogP contribution in [0, 0.1) is 11.8 Å². The number of anilines is 3. The lowest BCUT2D eigenvalue weighted by Gasteiger charge is -2.32. The highest BCUT2D eigenvalue weighted by Gasteiger charge is 2.27. The number of carbonyl (C=O) groups is 2. The van der Waals surface area contributed by atoms with Crippen LogP contribution >= 0.6 is 0 Å². The van der Waals surface area contributed by atoms with Gasteiger partial charge in [0.25, 0.3) is 0 Å². The molecule has 0 aromatic heterocycles. The van der Waals surface area contributed by atoms with Crippen LogP contribution in [0.1, 0.15) is 31.7 Å². The molecule has 2 saturated heterocycles. The van der Waals surface area contributed by atoms with Gasteiger partial charge >= 0.3 is 0 Å². The fourth-order valence-corrected chi connectivity index (χ4v) is 4.18. The Bertz CT molecular complexity index is 879. The van der Waals surface area contributed by atoms with Gasteiger partial charge in [-0.2, -0.15) is 0 Å². The molecule has 0 saturated carbocycles. The van der Waals surface area contributed by atoms with Crippen molar-refractivity contribution in [2.24, 2.45) is 11.8 Å². The smallest absolute Gasteiger partial charge is 0.225 e. The Morgan fingerprint density at radius 2 is 1.80 bits per heavy atom. The van der Waals surface area contributed by atoms with Gasteiger partial charge in [0.2, 0.25) is 11.8 Å². The first-order valence-corrected chi connectivity index (χ1v) is 10.8. The van der Waals surface area contributed by atoms with Crippen molar-refractivity contribution >= 4 is 28.9 Å². The van der Waals surface area contributed by atoms with Gasteiger partial charge in [-0.15, -0.1) is 0 Å². The van der Waals surface area contributed by atoms with Crippen LogP contribution in [-0.4, -0.2) is 31.4 Å². The molecule has 6 nitrogen and oxygen atoms in total. The summed E-state index contributed by atoms with van der Waals surface area (Å²) in [6.07, 6.45) is 2.88. The molecule has 2 aliphatic heterocycles. The molecule has 3 N–H and O–H groups in total. The zero-order valence-corrected chi connectivity index (χ0v) is 17.5. The Balaban J connectivity index is 1.28. The van der Waals surface area contributed by atoms with Crippen molar-refractivity contribution in [3.05, 3.63) is 54.1 Å². The van der Waals surface area contributed by atoms with Gasteiger partial charge in [0, 0.05) is 49.7 Å². The van der Waals surface area contributed by atoms with Gasteiger partial charge in [0.1, 0.15) is 0 Å². The van der Waals surface area contributed by atoms with Gasteiger partial charge in [-0.3, -0.25) is 9.59 Å². The number of amides is 2. The van der Waals surface area contributed by atoms with Crippen LogP contribution in [-0.2, 0) is 16.1 Å². The molecule has 6 heteroatoms. The molecule has 2 aliphatic rings. The van der Waals surface area contributed by atoms with Crippen LogP contribution in [0.15, 0.2) is 48.5 Å². The summed E-state index contributed by atoms with van der Waals surface area (Å²) in [5.41, 5.74) is 4.39. The quantitative estimate of drug-likeness (QED) is 0.687. The summed E-state index contributed by atoms with van der Waals surface area (Å²) in [4.78, 5) is 25.8. The van der Waals surface area contributed by atoms with Crippen molar-refractivity contribution in [3.8, 4) is 0 Å². The number of nitrogens with zero attached hydrogens (tertiary/aromatic N) is 1. The van der Waals surface area contributed by atoms with E-state index in [1.165, 1.54) is 18.5 Å². The third-order valence-electron chi connectivity index (χ3n) is 5.95. The minimum absolute atomic E-state index is 0.0518. The molecule has 2 aromatic rings. The van der Waals surface area contributed by atoms with Crippen LogP contribution in [0.3, 0.4) is 0 Å². The SMILES string of the molecule is CC1CCCN(c2ccc(Nc3ccc(CNC(=O)C4CNC(=O)C4)cc3)cc2)C1. The van der Waals surface area contributed by atoms with Gasteiger partial charge in [-0.1, -0.05) is 19.1 Å². The summed E-state index contributed by atoms with van der Waals surface area (Å²) in [7, 11) is 0. The lowest BCUT2D eigenvalue weighted by molar-refractivity contribution is -0.126. The lowest BCUT2D eigenvalue weighted by atomic mass is 10.00. The molecular formula is C24H30N4O2. The highest BCUT2D eigenvalue weighted by Crippen LogP contribution is 2.25.